The van der Waals surface area contributed by atoms with Crippen molar-refractivity contribution in [2.45, 2.75) is 32.8 Å². The monoisotopic (exact) mass is 292 g/mol. The number of hydrogen-bond donors (Lipinski definition) is 1. The van der Waals surface area contributed by atoms with Crippen LogP contribution in [0.4, 0.5) is 10.8 Å². The normalized spacial score (nSPS) is 11.1. The largest absolute Gasteiger partial charge is 0.488 e. The Balaban J connectivity index is 2.45. The lowest BCUT2D eigenvalue weighted by atomic mass is 10.2. The zero-order chi connectivity index (χ0) is 14.7. The van der Waals surface area contributed by atoms with E-state index in [1.807, 2.05) is 31.1 Å². The van der Waals surface area contributed by atoms with Crippen LogP contribution in [0.25, 0.3) is 10.2 Å². The molecule has 0 unspecified atom stereocenters. The summed E-state index contributed by atoms with van der Waals surface area (Å²) in [5, 5.41) is 4.53. The number of anilines is 1. The van der Waals surface area contributed by atoms with Gasteiger partial charge in [0, 0.05) is 20.2 Å². The van der Waals surface area contributed by atoms with E-state index in [4.69, 9.17) is 10.3 Å². The highest BCUT2D eigenvalue weighted by atomic mass is 32.1. The summed E-state index contributed by atoms with van der Waals surface area (Å²) < 4.78 is 6.97. The summed E-state index contributed by atoms with van der Waals surface area (Å²) in [6.45, 7) is 4.19. The SMILES string of the molecule is CCC(CC)Oc1cc2nc(N(C)C)sc2cc1N=N. The predicted molar refractivity (Wildman–Crippen MR) is 83.8 cm³/mol. The van der Waals surface area contributed by atoms with Crippen molar-refractivity contribution in [3.05, 3.63) is 12.1 Å². The van der Waals surface area contributed by atoms with Gasteiger partial charge in [0.25, 0.3) is 0 Å². The molecule has 0 fully saturated rings. The molecular weight excluding hydrogens is 272 g/mol. The zero-order valence-corrected chi connectivity index (χ0v) is 13.1. The van der Waals surface area contributed by atoms with E-state index in [1.165, 1.54) is 0 Å². The minimum atomic E-state index is 0.153. The molecule has 5 nitrogen and oxygen atoms in total. The van der Waals surface area contributed by atoms with Crippen LogP contribution in [0.2, 0.25) is 0 Å². The average molecular weight is 292 g/mol. The molecule has 0 aliphatic rings. The number of nitrogens with one attached hydrogen (secondary N) is 1. The van der Waals surface area contributed by atoms with Gasteiger partial charge in [0.15, 0.2) is 5.13 Å². The van der Waals surface area contributed by atoms with E-state index in [0.29, 0.717) is 11.4 Å². The van der Waals surface area contributed by atoms with Crippen LogP contribution >= 0.6 is 11.3 Å². The van der Waals surface area contributed by atoms with Crippen LogP contribution in [0, 0.1) is 5.53 Å². The Labute approximate surface area is 123 Å². The Hall–Kier alpha value is -1.69. The fourth-order valence-electron chi connectivity index (χ4n) is 1.94. The maximum Gasteiger partial charge on any atom is 0.185 e. The molecule has 0 bridgehead atoms. The van der Waals surface area contributed by atoms with Crippen molar-refractivity contribution in [2.24, 2.45) is 5.11 Å². The first-order valence-electron chi connectivity index (χ1n) is 6.75. The average Bonchev–Trinajstić information content (AvgIpc) is 2.86. The fraction of sp³-hybridized carbons (Fsp3) is 0.500. The minimum absolute atomic E-state index is 0.153. The van der Waals surface area contributed by atoms with Crippen LogP contribution in [-0.2, 0) is 0 Å². The minimum Gasteiger partial charge on any atom is -0.488 e. The Morgan fingerprint density at radius 3 is 2.60 bits per heavy atom. The summed E-state index contributed by atoms with van der Waals surface area (Å²) in [5.41, 5.74) is 8.79. The van der Waals surface area contributed by atoms with E-state index in [2.05, 4.69) is 23.9 Å². The number of benzene rings is 1. The van der Waals surface area contributed by atoms with Crippen LogP contribution in [0.1, 0.15) is 26.7 Å². The third kappa shape index (κ3) is 2.90. The van der Waals surface area contributed by atoms with Gasteiger partial charge in [0.2, 0.25) is 0 Å². The molecule has 0 amide bonds. The van der Waals surface area contributed by atoms with E-state index in [1.54, 1.807) is 11.3 Å². The molecule has 108 valence electrons. The second-order valence-corrected chi connectivity index (χ2v) is 5.86. The van der Waals surface area contributed by atoms with Crippen LogP contribution in [0.3, 0.4) is 0 Å². The molecule has 0 spiro atoms. The molecule has 0 atom stereocenters. The number of fused-ring (bicyclic) bond motifs is 1. The van der Waals surface area contributed by atoms with Gasteiger partial charge in [-0.15, -0.1) is 0 Å². The van der Waals surface area contributed by atoms with Gasteiger partial charge in [-0.05, 0) is 18.9 Å². The summed E-state index contributed by atoms with van der Waals surface area (Å²) in [6.07, 6.45) is 2.03. The Morgan fingerprint density at radius 2 is 2.05 bits per heavy atom. The molecule has 6 heteroatoms. The Kier molecular flexibility index (Phi) is 4.54. The number of aromatic nitrogens is 1. The molecule has 0 aliphatic carbocycles. The van der Waals surface area contributed by atoms with Gasteiger partial charge in [0.05, 0.1) is 16.3 Å². The van der Waals surface area contributed by atoms with Gasteiger partial charge < -0.3 is 9.64 Å². The lowest BCUT2D eigenvalue weighted by Gasteiger charge is -2.16. The molecule has 1 aromatic carbocycles. The van der Waals surface area contributed by atoms with Crippen molar-refractivity contribution in [3.8, 4) is 5.75 Å². The van der Waals surface area contributed by atoms with Gasteiger partial charge in [0.1, 0.15) is 11.4 Å². The van der Waals surface area contributed by atoms with Crippen LogP contribution in [-0.4, -0.2) is 25.2 Å². The molecule has 0 radical (unpaired) electrons. The van der Waals surface area contributed by atoms with Crippen molar-refractivity contribution in [1.82, 2.24) is 4.98 Å². The highest BCUT2D eigenvalue weighted by Crippen LogP contribution is 2.37. The maximum atomic E-state index is 7.33. The quantitative estimate of drug-likeness (QED) is 0.792. The lowest BCUT2D eigenvalue weighted by molar-refractivity contribution is 0.194. The molecule has 0 aliphatic heterocycles. The highest BCUT2D eigenvalue weighted by molar-refractivity contribution is 7.22. The topological polar surface area (TPSA) is 61.6 Å². The van der Waals surface area contributed by atoms with Crippen molar-refractivity contribution < 1.29 is 4.74 Å². The molecule has 1 aromatic heterocycles. The molecule has 1 N–H and O–H groups in total. The lowest BCUT2D eigenvalue weighted by Crippen LogP contribution is -2.13. The van der Waals surface area contributed by atoms with Crippen molar-refractivity contribution in [3.63, 3.8) is 0 Å². The number of rotatable bonds is 6. The zero-order valence-electron chi connectivity index (χ0n) is 12.3. The summed E-state index contributed by atoms with van der Waals surface area (Å²) in [5.74, 6) is 0.650. The van der Waals surface area contributed by atoms with Gasteiger partial charge in [-0.2, -0.15) is 5.11 Å². The van der Waals surface area contributed by atoms with Crippen molar-refractivity contribution >= 4 is 32.4 Å². The van der Waals surface area contributed by atoms with Gasteiger partial charge >= 0.3 is 0 Å². The van der Waals surface area contributed by atoms with Gasteiger partial charge in [-0.25, -0.2) is 10.5 Å². The van der Waals surface area contributed by atoms with E-state index < -0.39 is 0 Å². The predicted octanol–water partition coefficient (Wildman–Crippen LogP) is 4.59. The molecular formula is C14H20N4OS. The summed E-state index contributed by atoms with van der Waals surface area (Å²) in [4.78, 5) is 6.54. The fourth-order valence-corrected chi connectivity index (χ4v) is 2.84. The summed E-state index contributed by atoms with van der Waals surface area (Å²) >= 11 is 1.59. The molecule has 2 rings (SSSR count). The third-order valence-electron chi connectivity index (χ3n) is 3.17. The maximum absolute atomic E-state index is 7.33. The number of nitrogens with zero attached hydrogens (tertiary/aromatic N) is 3. The third-order valence-corrected chi connectivity index (χ3v) is 4.35. The second kappa shape index (κ2) is 6.17. The van der Waals surface area contributed by atoms with Gasteiger partial charge in [-0.1, -0.05) is 25.2 Å². The number of ether oxygens (including phenoxy) is 1. The molecule has 20 heavy (non-hydrogen) atoms. The van der Waals surface area contributed by atoms with E-state index in [9.17, 15) is 0 Å². The van der Waals surface area contributed by atoms with Crippen LogP contribution < -0.4 is 9.64 Å². The summed E-state index contributed by atoms with van der Waals surface area (Å²) in [6, 6.07) is 3.77. The van der Waals surface area contributed by atoms with E-state index in [-0.39, 0.29) is 6.10 Å². The molecule has 0 saturated heterocycles. The highest BCUT2D eigenvalue weighted by Gasteiger charge is 2.14. The molecule has 2 aromatic rings. The van der Waals surface area contributed by atoms with Crippen LogP contribution in [0.15, 0.2) is 17.2 Å². The van der Waals surface area contributed by atoms with E-state index >= 15 is 0 Å². The molecule has 1 heterocycles. The van der Waals surface area contributed by atoms with E-state index in [0.717, 1.165) is 28.2 Å². The standard InChI is InChI=1S/C14H20N4OS/c1-5-9(6-2)19-12-7-11-13(8-10(12)17-15)20-14(16-11)18(3)4/h7-9,15H,5-6H2,1-4H3. The van der Waals surface area contributed by atoms with Crippen LogP contribution in [0.5, 0.6) is 5.75 Å². The Morgan fingerprint density at radius 1 is 1.35 bits per heavy atom. The smallest absolute Gasteiger partial charge is 0.185 e. The number of thiazole rings is 1. The first-order valence-corrected chi connectivity index (χ1v) is 7.56. The number of hydrogen-bond acceptors (Lipinski definition) is 6. The first kappa shape index (κ1) is 14.7. The second-order valence-electron chi connectivity index (χ2n) is 4.85. The Bertz CT molecular complexity index is 604. The summed E-state index contributed by atoms with van der Waals surface area (Å²) in [7, 11) is 3.93. The molecule has 0 saturated carbocycles. The van der Waals surface area contributed by atoms with Crippen molar-refractivity contribution in [1.29, 1.82) is 5.53 Å². The first-order chi connectivity index (χ1) is 9.58. The van der Waals surface area contributed by atoms with Crippen molar-refractivity contribution in [2.75, 3.05) is 19.0 Å². The van der Waals surface area contributed by atoms with Gasteiger partial charge in [-0.3, -0.25) is 0 Å².